The summed E-state index contributed by atoms with van der Waals surface area (Å²) < 4.78 is 52.7. The fourth-order valence-corrected chi connectivity index (χ4v) is 3.03. The first-order chi connectivity index (χ1) is 9.31. The topological polar surface area (TPSA) is 85.1 Å². The molecular formula is C11H8ClF2N3O2S. The highest BCUT2D eigenvalue weighted by Crippen LogP contribution is 2.28. The minimum absolute atomic E-state index is 0.307. The van der Waals surface area contributed by atoms with Crippen LogP contribution in [0, 0.1) is 11.6 Å². The number of sulfonamides is 1. The third-order valence-electron chi connectivity index (χ3n) is 2.36. The van der Waals surface area contributed by atoms with Crippen LogP contribution in [0.4, 0.5) is 20.2 Å². The Morgan fingerprint density at radius 1 is 1.25 bits per heavy atom. The number of hydrogen-bond donors (Lipinski definition) is 2. The number of nitrogens with two attached hydrogens (primary N) is 1. The van der Waals surface area contributed by atoms with Crippen molar-refractivity contribution in [3.05, 3.63) is 47.2 Å². The SMILES string of the molecule is Nc1cc(S(=O)(=O)Nc2ccncc2F)c(Cl)cc1F. The maximum atomic E-state index is 13.4. The van der Waals surface area contributed by atoms with Crippen LogP contribution >= 0.6 is 11.6 Å². The molecular weight excluding hydrogens is 312 g/mol. The molecule has 0 saturated carbocycles. The van der Waals surface area contributed by atoms with Crippen LogP contribution in [0.15, 0.2) is 35.5 Å². The Hall–Kier alpha value is -1.93. The molecule has 0 bridgehead atoms. The monoisotopic (exact) mass is 319 g/mol. The van der Waals surface area contributed by atoms with Gasteiger partial charge in [-0.1, -0.05) is 11.6 Å². The number of nitrogens with one attached hydrogen (secondary N) is 1. The smallest absolute Gasteiger partial charge is 0.263 e. The lowest BCUT2D eigenvalue weighted by Crippen LogP contribution is -2.15. The van der Waals surface area contributed by atoms with Gasteiger partial charge in [-0.3, -0.25) is 9.71 Å². The quantitative estimate of drug-likeness (QED) is 0.851. The molecule has 9 heteroatoms. The van der Waals surface area contributed by atoms with Gasteiger partial charge in [-0.15, -0.1) is 0 Å². The number of rotatable bonds is 3. The molecule has 1 aromatic carbocycles. The van der Waals surface area contributed by atoms with Gasteiger partial charge in [-0.25, -0.2) is 17.2 Å². The average molecular weight is 320 g/mol. The summed E-state index contributed by atoms with van der Waals surface area (Å²) in [7, 11) is -4.20. The van der Waals surface area contributed by atoms with Crippen LogP contribution < -0.4 is 10.5 Å². The Morgan fingerprint density at radius 3 is 2.60 bits per heavy atom. The molecule has 0 radical (unpaired) electrons. The predicted octanol–water partition coefficient (Wildman–Crippen LogP) is 2.40. The lowest BCUT2D eigenvalue weighted by Gasteiger charge is -2.10. The molecule has 0 amide bonds. The fourth-order valence-electron chi connectivity index (χ4n) is 1.41. The average Bonchev–Trinajstić information content (AvgIpc) is 2.36. The van der Waals surface area contributed by atoms with Crippen LogP contribution in [0.2, 0.25) is 5.02 Å². The predicted molar refractivity (Wildman–Crippen MR) is 70.8 cm³/mol. The van der Waals surface area contributed by atoms with E-state index in [4.69, 9.17) is 17.3 Å². The number of pyridine rings is 1. The van der Waals surface area contributed by atoms with E-state index in [0.29, 0.717) is 0 Å². The zero-order valence-electron chi connectivity index (χ0n) is 9.77. The number of benzene rings is 1. The number of halogens is 3. The zero-order valence-corrected chi connectivity index (χ0v) is 11.3. The number of anilines is 2. The second-order valence-corrected chi connectivity index (χ2v) is 5.82. The molecule has 1 aromatic heterocycles. The minimum Gasteiger partial charge on any atom is -0.396 e. The molecule has 0 fully saturated rings. The molecule has 0 saturated heterocycles. The third-order valence-corrected chi connectivity index (χ3v) is 4.19. The molecule has 0 aliphatic heterocycles. The summed E-state index contributed by atoms with van der Waals surface area (Å²) in [6.45, 7) is 0. The molecule has 5 nitrogen and oxygen atoms in total. The molecule has 20 heavy (non-hydrogen) atoms. The number of aromatic nitrogens is 1. The molecule has 0 unspecified atom stereocenters. The Kier molecular flexibility index (Phi) is 3.78. The number of nitrogens with zero attached hydrogens (tertiary/aromatic N) is 1. The first kappa shape index (κ1) is 14.5. The van der Waals surface area contributed by atoms with Crippen LogP contribution in [0.25, 0.3) is 0 Å². The normalized spacial score (nSPS) is 11.3. The Bertz CT molecular complexity index is 768. The Labute approximate surface area is 118 Å². The summed E-state index contributed by atoms with van der Waals surface area (Å²) in [5, 5.41) is -0.362. The van der Waals surface area contributed by atoms with Crippen molar-refractivity contribution in [2.45, 2.75) is 4.90 Å². The van der Waals surface area contributed by atoms with Crippen molar-refractivity contribution < 1.29 is 17.2 Å². The van der Waals surface area contributed by atoms with Gasteiger partial charge in [0.05, 0.1) is 22.6 Å². The lowest BCUT2D eigenvalue weighted by molar-refractivity contribution is 0.597. The van der Waals surface area contributed by atoms with Crippen molar-refractivity contribution in [2.24, 2.45) is 0 Å². The van der Waals surface area contributed by atoms with Gasteiger partial charge < -0.3 is 5.73 Å². The van der Waals surface area contributed by atoms with Crippen LogP contribution in [0.3, 0.4) is 0 Å². The molecule has 0 aliphatic rings. The van der Waals surface area contributed by atoms with Gasteiger partial charge in [0.1, 0.15) is 10.7 Å². The first-order valence-corrected chi connectivity index (χ1v) is 7.04. The van der Waals surface area contributed by atoms with Crippen molar-refractivity contribution in [3.63, 3.8) is 0 Å². The fraction of sp³-hybridized carbons (Fsp3) is 0. The molecule has 106 valence electrons. The molecule has 0 aliphatic carbocycles. The van der Waals surface area contributed by atoms with Crippen LogP contribution in [0.5, 0.6) is 0 Å². The van der Waals surface area contributed by atoms with E-state index in [-0.39, 0.29) is 16.4 Å². The van der Waals surface area contributed by atoms with Crippen molar-refractivity contribution in [1.29, 1.82) is 0 Å². The van der Waals surface area contributed by atoms with Crippen LogP contribution in [-0.2, 0) is 10.0 Å². The van der Waals surface area contributed by atoms with Gasteiger partial charge >= 0.3 is 0 Å². The maximum Gasteiger partial charge on any atom is 0.263 e. The zero-order chi connectivity index (χ0) is 14.9. The molecule has 0 spiro atoms. The van der Waals surface area contributed by atoms with E-state index >= 15 is 0 Å². The Morgan fingerprint density at radius 2 is 1.95 bits per heavy atom. The van der Waals surface area contributed by atoms with Crippen LogP contribution in [-0.4, -0.2) is 13.4 Å². The maximum absolute atomic E-state index is 13.4. The largest absolute Gasteiger partial charge is 0.396 e. The van der Waals surface area contributed by atoms with E-state index in [2.05, 4.69) is 4.98 Å². The number of nitrogen functional groups attached to an aromatic ring is 1. The molecule has 0 atom stereocenters. The highest BCUT2D eigenvalue weighted by molar-refractivity contribution is 7.92. The van der Waals surface area contributed by atoms with E-state index in [0.717, 1.165) is 24.4 Å². The van der Waals surface area contributed by atoms with Gasteiger partial charge in [0.15, 0.2) is 5.82 Å². The van der Waals surface area contributed by atoms with Crippen molar-refractivity contribution in [2.75, 3.05) is 10.5 Å². The molecule has 1 heterocycles. The summed E-state index contributed by atoms with van der Waals surface area (Å²) in [6.07, 6.45) is 2.06. The minimum atomic E-state index is -4.20. The van der Waals surface area contributed by atoms with E-state index in [1.54, 1.807) is 0 Å². The first-order valence-electron chi connectivity index (χ1n) is 5.18. The summed E-state index contributed by atoms with van der Waals surface area (Å²) in [4.78, 5) is 3.04. The summed E-state index contributed by atoms with van der Waals surface area (Å²) in [5.74, 6) is -1.70. The molecule has 2 rings (SSSR count). The highest BCUT2D eigenvalue weighted by Gasteiger charge is 2.21. The van der Waals surface area contributed by atoms with Crippen molar-refractivity contribution >= 4 is 33.0 Å². The highest BCUT2D eigenvalue weighted by atomic mass is 35.5. The van der Waals surface area contributed by atoms with Crippen molar-refractivity contribution in [1.82, 2.24) is 4.98 Å². The number of hydrogen-bond acceptors (Lipinski definition) is 4. The van der Waals surface area contributed by atoms with Gasteiger partial charge in [0.25, 0.3) is 10.0 Å². The van der Waals surface area contributed by atoms with Gasteiger partial charge in [-0.05, 0) is 18.2 Å². The summed E-state index contributed by atoms with van der Waals surface area (Å²) in [6, 6.07) is 2.77. The van der Waals surface area contributed by atoms with E-state index in [1.165, 1.54) is 6.20 Å². The summed E-state index contributed by atoms with van der Waals surface area (Å²) in [5.41, 5.74) is 4.61. The van der Waals surface area contributed by atoms with Gasteiger partial charge in [0, 0.05) is 6.20 Å². The van der Waals surface area contributed by atoms with Gasteiger partial charge in [0.2, 0.25) is 0 Å². The molecule has 3 N–H and O–H groups in total. The summed E-state index contributed by atoms with van der Waals surface area (Å²) >= 11 is 5.67. The van der Waals surface area contributed by atoms with E-state index in [9.17, 15) is 17.2 Å². The second kappa shape index (κ2) is 5.22. The van der Waals surface area contributed by atoms with E-state index < -0.39 is 26.6 Å². The Balaban J connectivity index is 2.47. The van der Waals surface area contributed by atoms with Crippen LogP contribution in [0.1, 0.15) is 0 Å². The van der Waals surface area contributed by atoms with Crippen molar-refractivity contribution in [3.8, 4) is 0 Å². The second-order valence-electron chi connectivity index (χ2n) is 3.77. The van der Waals surface area contributed by atoms with Gasteiger partial charge in [-0.2, -0.15) is 0 Å². The molecule has 2 aromatic rings. The standard InChI is InChI=1S/C11H8ClF2N3O2S/c12-6-3-7(13)9(15)4-11(6)20(18,19)17-10-1-2-16-5-8(10)14/h1-5H,15H2,(H,16,17). The van der Waals surface area contributed by atoms with E-state index in [1.807, 2.05) is 4.72 Å². The lowest BCUT2D eigenvalue weighted by atomic mass is 10.3. The third kappa shape index (κ3) is 2.81.